The molecule has 0 radical (unpaired) electrons. The number of hydrogen-bond acceptors (Lipinski definition) is 3. The van der Waals surface area contributed by atoms with Crippen molar-refractivity contribution in [1.82, 2.24) is 9.80 Å². The molecule has 0 saturated heterocycles. The molecular weight excluding hydrogens is 408 g/mol. The average Bonchev–Trinajstić information content (AvgIpc) is 2.85. The van der Waals surface area contributed by atoms with Gasteiger partial charge >= 0.3 is 0 Å². The van der Waals surface area contributed by atoms with Crippen LogP contribution in [-0.4, -0.2) is 41.9 Å². The molecule has 1 amide bonds. The van der Waals surface area contributed by atoms with E-state index in [0.717, 1.165) is 18.7 Å². The van der Waals surface area contributed by atoms with E-state index in [1.165, 1.54) is 11.1 Å². The fourth-order valence-electron chi connectivity index (χ4n) is 4.21. The maximum atomic E-state index is 13.3. The van der Waals surface area contributed by atoms with Crippen LogP contribution in [0.4, 0.5) is 0 Å². The van der Waals surface area contributed by atoms with Crippen molar-refractivity contribution in [2.75, 3.05) is 14.2 Å². The second-order valence-corrected chi connectivity index (χ2v) is 8.74. The van der Waals surface area contributed by atoms with E-state index in [-0.39, 0.29) is 24.1 Å². The fourth-order valence-corrected chi connectivity index (χ4v) is 4.21. The van der Waals surface area contributed by atoms with Crippen LogP contribution < -0.4 is 0 Å². The van der Waals surface area contributed by atoms with E-state index < -0.39 is 0 Å². The summed E-state index contributed by atoms with van der Waals surface area (Å²) in [5.74, 6) is 0.124. The summed E-state index contributed by atoms with van der Waals surface area (Å²) in [6.07, 6.45) is 0.284. The van der Waals surface area contributed by atoms with Gasteiger partial charge in [0.2, 0.25) is 5.91 Å². The first-order valence-corrected chi connectivity index (χ1v) is 11.6. The van der Waals surface area contributed by atoms with E-state index in [4.69, 9.17) is 4.74 Å². The number of carbonyl (C=O) groups is 1. The molecule has 3 rings (SSSR count). The van der Waals surface area contributed by atoms with Crippen LogP contribution in [0.5, 0.6) is 0 Å². The lowest BCUT2D eigenvalue weighted by molar-refractivity contribution is -0.135. The van der Waals surface area contributed by atoms with Gasteiger partial charge in [-0.1, -0.05) is 91.0 Å². The highest BCUT2D eigenvalue weighted by Gasteiger charge is 2.27. The summed E-state index contributed by atoms with van der Waals surface area (Å²) in [5.41, 5.74) is 3.57. The molecular formula is C29H36N2O2. The standard InChI is InChI=1S/C29H36N2O2/c1-23(20-28(32)30(3)24(2)29(33-4)27-18-12-7-13-19-27)31(21-25-14-8-5-9-15-25)22-26-16-10-6-11-17-26/h5-19,23-24,29H,20-22H2,1-4H3/t23-,24-,29+/m0/s1. The van der Waals surface area contributed by atoms with Crippen LogP contribution in [0.1, 0.15) is 43.1 Å². The SMILES string of the molecule is CO[C@@H](c1ccccc1)[C@H](C)N(C)C(=O)C[C@H](C)N(Cc1ccccc1)Cc1ccccc1. The number of likely N-dealkylation sites (N-methyl/N-ethyl adjacent to an activating group) is 1. The molecule has 3 aromatic rings. The van der Waals surface area contributed by atoms with Crippen LogP contribution >= 0.6 is 0 Å². The molecule has 0 heterocycles. The summed E-state index contributed by atoms with van der Waals surface area (Å²) < 4.78 is 5.78. The monoisotopic (exact) mass is 444 g/mol. The van der Waals surface area contributed by atoms with Crippen LogP contribution in [0.3, 0.4) is 0 Å². The fraction of sp³-hybridized carbons (Fsp3) is 0.345. The van der Waals surface area contributed by atoms with Gasteiger partial charge in [-0.2, -0.15) is 0 Å². The van der Waals surface area contributed by atoms with Gasteiger partial charge in [0.1, 0.15) is 6.10 Å². The minimum atomic E-state index is -0.166. The predicted molar refractivity (Wildman–Crippen MR) is 135 cm³/mol. The maximum Gasteiger partial charge on any atom is 0.224 e. The molecule has 0 unspecified atom stereocenters. The van der Waals surface area contributed by atoms with E-state index >= 15 is 0 Å². The highest BCUT2D eigenvalue weighted by atomic mass is 16.5. The van der Waals surface area contributed by atoms with Gasteiger partial charge in [-0.25, -0.2) is 0 Å². The lowest BCUT2D eigenvalue weighted by atomic mass is 10.0. The Labute approximate surface area is 198 Å². The van der Waals surface area contributed by atoms with Crippen molar-refractivity contribution in [2.45, 2.75) is 51.5 Å². The maximum absolute atomic E-state index is 13.3. The van der Waals surface area contributed by atoms with E-state index in [1.54, 1.807) is 7.11 Å². The van der Waals surface area contributed by atoms with E-state index in [9.17, 15) is 4.79 Å². The molecule has 0 fully saturated rings. The van der Waals surface area contributed by atoms with Crippen molar-refractivity contribution in [3.05, 3.63) is 108 Å². The van der Waals surface area contributed by atoms with Crippen molar-refractivity contribution in [3.8, 4) is 0 Å². The smallest absolute Gasteiger partial charge is 0.224 e. The molecule has 0 spiro atoms. The number of rotatable bonds is 11. The van der Waals surface area contributed by atoms with Crippen molar-refractivity contribution in [1.29, 1.82) is 0 Å². The van der Waals surface area contributed by atoms with Gasteiger partial charge in [0.05, 0.1) is 6.04 Å². The van der Waals surface area contributed by atoms with Crippen molar-refractivity contribution < 1.29 is 9.53 Å². The molecule has 0 aliphatic rings. The first kappa shape index (κ1) is 24.7. The van der Waals surface area contributed by atoms with Gasteiger partial charge in [-0.15, -0.1) is 0 Å². The molecule has 4 heteroatoms. The van der Waals surface area contributed by atoms with Crippen molar-refractivity contribution in [3.63, 3.8) is 0 Å². The third-order valence-electron chi connectivity index (χ3n) is 6.37. The summed E-state index contributed by atoms with van der Waals surface area (Å²) >= 11 is 0. The molecule has 0 saturated carbocycles. The van der Waals surface area contributed by atoms with Gasteiger partial charge in [0, 0.05) is 39.7 Å². The molecule has 33 heavy (non-hydrogen) atoms. The van der Waals surface area contributed by atoms with E-state index in [1.807, 2.05) is 54.4 Å². The molecule has 0 bridgehead atoms. The number of methoxy groups -OCH3 is 1. The largest absolute Gasteiger partial charge is 0.375 e. The van der Waals surface area contributed by atoms with Crippen LogP contribution in [0.15, 0.2) is 91.0 Å². The van der Waals surface area contributed by atoms with Crippen molar-refractivity contribution in [2.24, 2.45) is 0 Å². The summed E-state index contributed by atoms with van der Waals surface area (Å²) in [6.45, 7) is 5.80. The Bertz CT molecular complexity index is 921. The zero-order chi connectivity index (χ0) is 23.6. The van der Waals surface area contributed by atoms with Crippen LogP contribution in [0.25, 0.3) is 0 Å². The highest BCUT2D eigenvalue weighted by Crippen LogP contribution is 2.25. The average molecular weight is 445 g/mol. The number of ether oxygens (including phenoxy) is 1. The molecule has 174 valence electrons. The number of carbonyl (C=O) groups excluding carboxylic acids is 1. The molecule has 3 atom stereocenters. The van der Waals surface area contributed by atoms with E-state index in [0.29, 0.717) is 6.42 Å². The third-order valence-corrected chi connectivity index (χ3v) is 6.37. The summed E-state index contributed by atoms with van der Waals surface area (Å²) in [4.78, 5) is 17.5. The second kappa shape index (κ2) is 12.3. The zero-order valence-corrected chi connectivity index (χ0v) is 20.2. The van der Waals surface area contributed by atoms with Gasteiger partial charge in [-0.05, 0) is 30.5 Å². The van der Waals surface area contributed by atoms with E-state index in [2.05, 4.69) is 67.3 Å². The summed E-state index contributed by atoms with van der Waals surface area (Å²) in [7, 11) is 3.59. The molecule has 0 aromatic heterocycles. The first-order valence-electron chi connectivity index (χ1n) is 11.6. The molecule has 0 aliphatic carbocycles. The quantitative estimate of drug-likeness (QED) is 0.380. The molecule has 4 nitrogen and oxygen atoms in total. The molecule has 0 N–H and O–H groups in total. The summed E-state index contributed by atoms with van der Waals surface area (Å²) in [6, 6.07) is 31.0. The minimum absolute atomic E-state index is 0.0752. The Morgan fingerprint density at radius 1 is 0.788 bits per heavy atom. The zero-order valence-electron chi connectivity index (χ0n) is 20.2. The van der Waals surface area contributed by atoms with Crippen LogP contribution in [0.2, 0.25) is 0 Å². The third kappa shape index (κ3) is 7.01. The normalized spacial score (nSPS) is 14.0. The second-order valence-electron chi connectivity index (χ2n) is 8.74. The lowest BCUT2D eigenvalue weighted by Crippen LogP contribution is -2.43. The summed E-state index contributed by atoms with van der Waals surface area (Å²) in [5, 5.41) is 0. The van der Waals surface area contributed by atoms with Crippen LogP contribution in [-0.2, 0) is 22.6 Å². The molecule has 0 aliphatic heterocycles. The van der Waals surface area contributed by atoms with Gasteiger partial charge < -0.3 is 9.64 Å². The number of amides is 1. The Morgan fingerprint density at radius 3 is 1.70 bits per heavy atom. The van der Waals surface area contributed by atoms with Gasteiger partial charge in [0.25, 0.3) is 0 Å². The number of benzene rings is 3. The van der Waals surface area contributed by atoms with Crippen LogP contribution in [0, 0.1) is 0 Å². The number of hydrogen-bond donors (Lipinski definition) is 0. The highest BCUT2D eigenvalue weighted by molar-refractivity contribution is 5.77. The number of nitrogens with zero attached hydrogens (tertiary/aromatic N) is 2. The predicted octanol–water partition coefficient (Wildman–Crippen LogP) is 5.70. The van der Waals surface area contributed by atoms with Gasteiger partial charge in [0.15, 0.2) is 0 Å². The Hall–Kier alpha value is -2.95. The Kier molecular flexibility index (Phi) is 9.23. The lowest BCUT2D eigenvalue weighted by Gasteiger charge is -2.34. The minimum Gasteiger partial charge on any atom is -0.375 e. The topological polar surface area (TPSA) is 32.8 Å². The van der Waals surface area contributed by atoms with Gasteiger partial charge in [-0.3, -0.25) is 9.69 Å². The Morgan fingerprint density at radius 2 is 1.24 bits per heavy atom. The molecule has 3 aromatic carbocycles. The first-order chi connectivity index (χ1) is 16.0. The Balaban J connectivity index is 1.70. The van der Waals surface area contributed by atoms with Crippen molar-refractivity contribution >= 4 is 5.91 Å².